The molecule has 1 aromatic heterocycles. The van der Waals surface area contributed by atoms with Gasteiger partial charge in [0.05, 0.1) is 19.8 Å². The molecule has 0 aliphatic carbocycles. The van der Waals surface area contributed by atoms with Crippen LogP contribution in [0.15, 0.2) is 42.6 Å². The van der Waals surface area contributed by atoms with Crippen molar-refractivity contribution in [3.63, 3.8) is 0 Å². The highest BCUT2D eigenvalue weighted by molar-refractivity contribution is 6.13. The lowest BCUT2D eigenvalue weighted by Crippen LogP contribution is -2.13. The minimum Gasteiger partial charge on any atom is -0.497 e. The van der Waals surface area contributed by atoms with Crippen molar-refractivity contribution in [2.45, 2.75) is 0 Å². The molecule has 2 rings (SSSR count). The molecule has 1 heterocycles. The second-order valence-corrected chi connectivity index (χ2v) is 3.95. The Labute approximate surface area is 116 Å². The first kappa shape index (κ1) is 13.7. The van der Waals surface area contributed by atoms with Gasteiger partial charge in [0.2, 0.25) is 5.78 Å². The number of ether oxygens (including phenoxy) is 2. The molecule has 1 aromatic carbocycles. The van der Waals surface area contributed by atoms with Crippen molar-refractivity contribution in [2.24, 2.45) is 0 Å². The van der Waals surface area contributed by atoms with E-state index in [0.29, 0.717) is 11.3 Å². The Morgan fingerprint density at radius 3 is 2.35 bits per heavy atom. The molecular formula is C15H13NO4. The van der Waals surface area contributed by atoms with Crippen molar-refractivity contribution in [1.82, 2.24) is 4.98 Å². The maximum atomic E-state index is 12.4. The standard InChI is InChI=1S/C15H13NO4/c1-19-11-7-5-10(6-8-11)14(17)13-12(15(18)20-2)4-3-9-16-13/h3-9H,1-2H3. The maximum Gasteiger partial charge on any atom is 0.340 e. The number of hydrogen-bond acceptors (Lipinski definition) is 5. The van der Waals surface area contributed by atoms with Crippen molar-refractivity contribution < 1.29 is 19.1 Å². The van der Waals surface area contributed by atoms with Crippen LogP contribution in [0.25, 0.3) is 0 Å². The molecule has 0 saturated heterocycles. The van der Waals surface area contributed by atoms with E-state index in [1.165, 1.54) is 19.4 Å². The van der Waals surface area contributed by atoms with Crippen LogP contribution in [0.1, 0.15) is 26.4 Å². The van der Waals surface area contributed by atoms with Crippen molar-refractivity contribution in [3.8, 4) is 5.75 Å². The van der Waals surface area contributed by atoms with E-state index < -0.39 is 5.97 Å². The Balaban J connectivity index is 2.40. The van der Waals surface area contributed by atoms with E-state index in [4.69, 9.17) is 4.74 Å². The van der Waals surface area contributed by atoms with Gasteiger partial charge in [-0.3, -0.25) is 9.78 Å². The smallest absolute Gasteiger partial charge is 0.340 e. The van der Waals surface area contributed by atoms with Crippen LogP contribution in [0.5, 0.6) is 5.75 Å². The van der Waals surface area contributed by atoms with Gasteiger partial charge in [-0.05, 0) is 36.4 Å². The molecule has 2 aromatic rings. The third kappa shape index (κ3) is 2.66. The topological polar surface area (TPSA) is 65.5 Å². The summed E-state index contributed by atoms with van der Waals surface area (Å²) >= 11 is 0. The molecular weight excluding hydrogens is 258 g/mol. The number of methoxy groups -OCH3 is 2. The summed E-state index contributed by atoms with van der Waals surface area (Å²) in [4.78, 5) is 28.0. The van der Waals surface area contributed by atoms with Crippen molar-refractivity contribution in [1.29, 1.82) is 0 Å². The summed E-state index contributed by atoms with van der Waals surface area (Å²) in [5.41, 5.74) is 0.648. The lowest BCUT2D eigenvalue weighted by atomic mass is 10.0. The van der Waals surface area contributed by atoms with E-state index >= 15 is 0 Å². The maximum absolute atomic E-state index is 12.4. The zero-order valence-corrected chi connectivity index (χ0v) is 11.1. The number of carbonyl (C=O) groups is 2. The second-order valence-electron chi connectivity index (χ2n) is 3.95. The van der Waals surface area contributed by atoms with Crippen LogP contribution in [-0.2, 0) is 4.74 Å². The fraction of sp³-hybridized carbons (Fsp3) is 0.133. The van der Waals surface area contributed by atoms with Gasteiger partial charge in [0.1, 0.15) is 11.4 Å². The molecule has 102 valence electrons. The quantitative estimate of drug-likeness (QED) is 0.629. The first-order valence-corrected chi connectivity index (χ1v) is 5.89. The molecule has 0 radical (unpaired) electrons. The van der Waals surface area contributed by atoms with Gasteiger partial charge in [0.15, 0.2) is 0 Å². The molecule has 0 bridgehead atoms. The fourth-order valence-electron chi connectivity index (χ4n) is 1.74. The third-order valence-electron chi connectivity index (χ3n) is 2.78. The number of nitrogens with zero attached hydrogens (tertiary/aromatic N) is 1. The summed E-state index contributed by atoms with van der Waals surface area (Å²) in [5.74, 6) is -0.278. The molecule has 0 N–H and O–H groups in total. The minimum atomic E-state index is -0.588. The van der Waals surface area contributed by atoms with Crippen LogP contribution in [0, 0.1) is 0 Å². The van der Waals surface area contributed by atoms with E-state index in [0.717, 1.165) is 0 Å². The molecule has 0 saturated carbocycles. The molecule has 0 aliphatic heterocycles. The van der Waals surface area contributed by atoms with Crippen molar-refractivity contribution in [2.75, 3.05) is 14.2 Å². The van der Waals surface area contributed by atoms with Crippen LogP contribution in [0.3, 0.4) is 0 Å². The number of aromatic nitrogens is 1. The molecule has 0 amide bonds. The SMILES string of the molecule is COC(=O)c1cccnc1C(=O)c1ccc(OC)cc1. The fourth-order valence-corrected chi connectivity index (χ4v) is 1.74. The van der Waals surface area contributed by atoms with Gasteiger partial charge in [-0.1, -0.05) is 0 Å². The zero-order valence-electron chi connectivity index (χ0n) is 11.1. The van der Waals surface area contributed by atoms with E-state index in [1.807, 2.05) is 0 Å². The van der Waals surface area contributed by atoms with Crippen LogP contribution >= 0.6 is 0 Å². The molecule has 0 aliphatic rings. The van der Waals surface area contributed by atoms with Gasteiger partial charge in [-0.25, -0.2) is 4.79 Å². The molecule has 0 spiro atoms. The lowest BCUT2D eigenvalue weighted by molar-refractivity contribution is 0.0597. The first-order chi connectivity index (χ1) is 9.67. The highest BCUT2D eigenvalue weighted by Gasteiger charge is 2.19. The van der Waals surface area contributed by atoms with Crippen LogP contribution in [0.4, 0.5) is 0 Å². The molecule has 0 unspecified atom stereocenters. The van der Waals surface area contributed by atoms with E-state index in [1.54, 1.807) is 37.4 Å². The molecule has 0 atom stereocenters. The molecule has 5 nitrogen and oxygen atoms in total. The van der Waals surface area contributed by atoms with Gasteiger partial charge >= 0.3 is 5.97 Å². The highest BCUT2D eigenvalue weighted by Crippen LogP contribution is 2.16. The Kier molecular flexibility index (Phi) is 4.10. The predicted octanol–water partition coefficient (Wildman–Crippen LogP) is 2.11. The van der Waals surface area contributed by atoms with Crippen LogP contribution in [0.2, 0.25) is 0 Å². The summed E-state index contributed by atoms with van der Waals surface area (Å²) in [6.07, 6.45) is 1.46. The molecule has 0 fully saturated rings. The van der Waals surface area contributed by atoms with Gasteiger partial charge in [-0.15, -0.1) is 0 Å². The Morgan fingerprint density at radius 1 is 1.05 bits per heavy atom. The first-order valence-electron chi connectivity index (χ1n) is 5.89. The normalized spacial score (nSPS) is 9.90. The van der Waals surface area contributed by atoms with Gasteiger partial charge < -0.3 is 9.47 Å². The number of esters is 1. The predicted molar refractivity (Wildman–Crippen MR) is 72.0 cm³/mol. The molecule has 5 heteroatoms. The van der Waals surface area contributed by atoms with E-state index in [-0.39, 0.29) is 17.0 Å². The monoisotopic (exact) mass is 271 g/mol. The van der Waals surface area contributed by atoms with E-state index in [9.17, 15) is 9.59 Å². The Morgan fingerprint density at radius 2 is 1.75 bits per heavy atom. The minimum absolute atomic E-state index is 0.0736. The zero-order chi connectivity index (χ0) is 14.5. The third-order valence-corrected chi connectivity index (χ3v) is 2.78. The van der Waals surface area contributed by atoms with Gasteiger partial charge in [0, 0.05) is 11.8 Å². The summed E-state index contributed by atoms with van der Waals surface area (Å²) in [5, 5.41) is 0. The number of hydrogen-bond donors (Lipinski definition) is 0. The molecule has 20 heavy (non-hydrogen) atoms. The second kappa shape index (κ2) is 5.97. The highest BCUT2D eigenvalue weighted by atomic mass is 16.5. The Hall–Kier alpha value is -2.69. The lowest BCUT2D eigenvalue weighted by Gasteiger charge is -2.06. The number of pyridine rings is 1. The summed E-state index contributed by atoms with van der Waals surface area (Å²) in [6, 6.07) is 9.68. The number of ketones is 1. The summed E-state index contributed by atoms with van der Waals surface area (Å²) in [7, 11) is 2.81. The van der Waals surface area contributed by atoms with Gasteiger partial charge in [0.25, 0.3) is 0 Å². The van der Waals surface area contributed by atoms with Crippen LogP contribution in [-0.4, -0.2) is 31.0 Å². The Bertz CT molecular complexity index is 635. The van der Waals surface area contributed by atoms with Gasteiger partial charge in [-0.2, -0.15) is 0 Å². The van der Waals surface area contributed by atoms with Crippen molar-refractivity contribution >= 4 is 11.8 Å². The van der Waals surface area contributed by atoms with Crippen molar-refractivity contribution in [3.05, 3.63) is 59.4 Å². The van der Waals surface area contributed by atoms with E-state index in [2.05, 4.69) is 9.72 Å². The summed E-state index contributed by atoms with van der Waals surface area (Å²) < 4.78 is 9.68. The number of carbonyl (C=O) groups excluding carboxylic acids is 2. The average Bonchev–Trinajstić information content (AvgIpc) is 2.53. The summed E-state index contributed by atoms with van der Waals surface area (Å²) in [6.45, 7) is 0. The largest absolute Gasteiger partial charge is 0.497 e. The van der Waals surface area contributed by atoms with Crippen LogP contribution < -0.4 is 4.74 Å². The number of rotatable bonds is 4. The average molecular weight is 271 g/mol. The number of benzene rings is 1.